The third-order valence-electron chi connectivity index (χ3n) is 3.55. The summed E-state index contributed by atoms with van der Waals surface area (Å²) in [6, 6.07) is 3.60. The molecule has 0 spiro atoms. The Balaban J connectivity index is 1.64. The lowest BCUT2D eigenvalue weighted by Gasteiger charge is -2.35. The van der Waals surface area contributed by atoms with E-state index in [9.17, 15) is 4.79 Å². The summed E-state index contributed by atoms with van der Waals surface area (Å²) in [5, 5.41) is 0. The van der Waals surface area contributed by atoms with Gasteiger partial charge < -0.3 is 14.4 Å². The van der Waals surface area contributed by atoms with Crippen molar-refractivity contribution in [1.29, 1.82) is 0 Å². The van der Waals surface area contributed by atoms with Crippen molar-refractivity contribution in [2.75, 3.05) is 31.1 Å². The van der Waals surface area contributed by atoms with E-state index in [0.29, 0.717) is 18.7 Å². The molecular weight excluding hydrogens is 254 g/mol. The molecule has 1 fully saturated rings. The highest BCUT2D eigenvalue weighted by atomic mass is 16.2. The second-order valence-electron chi connectivity index (χ2n) is 4.86. The van der Waals surface area contributed by atoms with Crippen molar-refractivity contribution < 1.29 is 4.79 Å². The minimum atomic E-state index is 0.0533. The Morgan fingerprint density at radius 1 is 1.20 bits per heavy atom. The Bertz CT molecular complexity index is 587. The van der Waals surface area contributed by atoms with E-state index in [4.69, 9.17) is 0 Å². The highest BCUT2D eigenvalue weighted by Gasteiger charge is 2.23. The van der Waals surface area contributed by atoms with Gasteiger partial charge in [0.25, 0.3) is 5.91 Å². The zero-order valence-electron chi connectivity index (χ0n) is 11.4. The molecule has 0 aliphatic carbocycles. The summed E-state index contributed by atoms with van der Waals surface area (Å²) in [6.07, 6.45) is 7.02. The maximum Gasteiger partial charge on any atom is 0.255 e. The van der Waals surface area contributed by atoms with Gasteiger partial charge in [-0.15, -0.1) is 0 Å². The zero-order valence-corrected chi connectivity index (χ0v) is 11.4. The van der Waals surface area contributed by atoms with E-state index < -0.39 is 0 Å². The van der Waals surface area contributed by atoms with Crippen LogP contribution in [0.4, 0.5) is 5.95 Å². The van der Waals surface area contributed by atoms with Crippen LogP contribution in [0.5, 0.6) is 0 Å². The molecule has 1 saturated heterocycles. The van der Waals surface area contributed by atoms with Gasteiger partial charge in [0.1, 0.15) is 0 Å². The van der Waals surface area contributed by atoms with Gasteiger partial charge in [-0.25, -0.2) is 4.98 Å². The summed E-state index contributed by atoms with van der Waals surface area (Å²) in [7, 11) is 1.98. The van der Waals surface area contributed by atoms with Gasteiger partial charge in [-0.3, -0.25) is 9.78 Å². The van der Waals surface area contributed by atoms with Gasteiger partial charge in [0, 0.05) is 58.0 Å². The van der Waals surface area contributed by atoms with Gasteiger partial charge in [0.15, 0.2) is 0 Å². The molecule has 0 aromatic carbocycles. The number of aromatic nitrogens is 3. The van der Waals surface area contributed by atoms with Crippen LogP contribution in [0.2, 0.25) is 0 Å². The van der Waals surface area contributed by atoms with Crippen molar-refractivity contribution in [3.63, 3.8) is 0 Å². The van der Waals surface area contributed by atoms with Gasteiger partial charge in [-0.2, -0.15) is 0 Å². The van der Waals surface area contributed by atoms with Crippen LogP contribution in [0.3, 0.4) is 0 Å². The SMILES string of the molecule is Cn1ccnc1N1CCN(C(=O)c2cccnc2)CC1. The number of nitrogens with zero attached hydrogens (tertiary/aromatic N) is 5. The van der Waals surface area contributed by atoms with Gasteiger partial charge in [0.05, 0.1) is 5.56 Å². The van der Waals surface area contributed by atoms with Crippen LogP contribution in [0, 0.1) is 0 Å². The summed E-state index contributed by atoms with van der Waals surface area (Å²) in [5.41, 5.74) is 0.651. The summed E-state index contributed by atoms with van der Waals surface area (Å²) in [4.78, 5) is 24.7. The normalized spacial score (nSPS) is 15.4. The molecule has 3 heterocycles. The van der Waals surface area contributed by atoms with E-state index in [1.807, 2.05) is 22.7 Å². The van der Waals surface area contributed by atoms with E-state index >= 15 is 0 Å². The van der Waals surface area contributed by atoms with E-state index in [2.05, 4.69) is 14.9 Å². The molecular formula is C14H17N5O. The molecule has 0 saturated carbocycles. The number of pyridine rings is 1. The molecule has 0 N–H and O–H groups in total. The van der Waals surface area contributed by atoms with E-state index in [0.717, 1.165) is 19.0 Å². The summed E-state index contributed by atoms with van der Waals surface area (Å²) >= 11 is 0. The second-order valence-corrected chi connectivity index (χ2v) is 4.86. The molecule has 20 heavy (non-hydrogen) atoms. The number of piperazine rings is 1. The Labute approximate surface area is 117 Å². The third kappa shape index (κ3) is 2.36. The smallest absolute Gasteiger partial charge is 0.255 e. The molecule has 6 heteroatoms. The number of hydrogen-bond acceptors (Lipinski definition) is 4. The summed E-state index contributed by atoms with van der Waals surface area (Å²) < 4.78 is 2.00. The van der Waals surface area contributed by atoms with Gasteiger partial charge in [-0.05, 0) is 12.1 Å². The average molecular weight is 271 g/mol. The van der Waals surface area contributed by atoms with Crippen molar-refractivity contribution in [3.05, 3.63) is 42.5 Å². The van der Waals surface area contributed by atoms with Crippen LogP contribution in [-0.4, -0.2) is 51.5 Å². The first-order valence-electron chi connectivity index (χ1n) is 6.67. The van der Waals surface area contributed by atoms with Crippen LogP contribution in [0.25, 0.3) is 0 Å². The molecule has 1 aliphatic rings. The molecule has 1 aliphatic heterocycles. The Kier molecular flexibility index (Phi) is 3.37. The van der Waals surface area contributed by atoms with E-state index in [-0.39, 0.29) is 5.91 Å². The number of carbonyl (C=O) groups excluding carboxylic acids is 1. The molecule has 1 amide bonds. The monoisotopic (exact) mass is 271 g/mol. The molecule has 0 atom stereocenters. The number of aryl methyl sites for hydroxylation is 1. The lowest BCUT2D eigenvalue weighted by atomic mass is 10.2. The fourth-order valence-electron chi connectivity index (χ4n) is 2.44. The standard InChI is InChI=1S/C14H17N5O/c1-17-6-5-16-14(17)19-9-7-18(8-10-19)13(20)12-3-2-4-15-11-12/h2-6,11H,7-10H2,1H3. The number of anilines is 1. The van der Waals surface area contributed by atoms with Crippen molar-refractivity contribution in [1.82, 2.24) is 19.4 Å². The van der Waals surface area contributed by atoms with Gasteiger partial charge in [0.2, 0.25) is 5.95 Å². The molecule has 6 nitrogen and oxygen atoms in total. The average Bonchev–Trinajstić information content (AvgIpc) is 2.94. The first-order chi connectivity index (χ1) is 9.75. The van der Waals surface area contributed by atoms with Crippen molar-refractivity contribution in [3.8, 4) is 0 Å². The molecule has 0 unspecified atom stereocenters. The van der Waals surface area contributed by atoms with Crippen LogP contribution < -0.4 is 4.90 Å². The Morgan fingerprint density at radius 2 is 2.00 bits per heavy atom. The summed E-state index contributed by atoms with van der Waals surface area (Å²) in [5.74, 6) is 1.01. The predicted molar refractivity (Wildman–Crippen MR) is 75.6 cm³/mol. The van der Waals surface area contributed by atoms with Crippen LogP contribution in [0.15, 0.2) is 36.9 Å². The maximum absolute atomic E-state index is 12.3. The van der Waals surface area contributed by atoms with Crippen molar-refractivity contribution >= 4 is 11.9 Å². The van der Waals surface area contributed by atoms with Crippen molar-refractivity contribution in [2.45, 2.75) is 0 Å². The Hall–Kier alpha value is -2.37. The molecule has 2 aromatic rings. The number of hydrogen-bond donors (Lipinski definition) is 0. The van der Waals surface area contributed by atoms with Gasteiger partial charge >= 0.3 is 0 Å². The molecule has 0 bridgehead atoms. The van der Waals surface area contributed by atoms with E-state index in [1.165, 1.54) is 0 Å². The fraction of sp³-hybridized carbons (Fsp3) is 0.357. The van der Waals surface area contributed by atoms with Crippen LogP contribution >= 0.6 is 0 Å². The first-order valence-corrected chi connectivity index (χ1v) is 6.67. The number of carbonyl (C=O) groups is 1. The fourth-order valence-corrected chi connectivity index (χ4v) is 2.44. The lowest BCUT2D eigenvalue weighted by Crippen LogP contribution is -2.49. The highest BCUT2D eigenvalue weighted by molar-refractivity contribution is 5.94. The Morgan fingerprint density at radius 3 is 2.60 bits per heavy atom. The van der Waals surface area contributed by atoms with Gasteiger partial charge in [-0.1, -0.05) is 0 Å². The molecule has 0 radical (unpaired) electrons. The highest BCUT2D eigenvalue weighted by Crippen LogP contribution is 2.14. The molecule has 104 valence electrons. The lowest BCUT2D eigenvalue weighted by molar-refractivity contribution is 0.0745. The van der Waals surface area contributed by atoms with Crippen molar-refractivity contribution in [2.24, 2.45) is 7.05 Å². The number of rotatable bonds is 2. The molecule has 3 rings (SSSR count). The topological polar surface area (TPSA) is 54.3 Å². The summed E-state index contributed by atoms with van der Waals surface area (Å²) in [6.45, 7) is 3.02. The quantitative estimate of drug-likeness (QED) is 0.810. The van der Waals surface area contributed by atoms with Crippen LogP contribution in [0.1, 0.15) is 10.4 Å². The predicted octanol–water partition coefficient (Wildman–Crippen LogP) is 0.778. The minimum Gasteiger partial charge on any atom is -0.339 e. The van der Waals surface area contributed by atoms with E-state index in [1.54, 1.807) is 30.7 Å². The largest absolute Gasteiger partial charge is 0.339 e. The maximum atomic E-state index is 12.3. The number of imidazole rings is 1. The third-order valence-corrected chi connectivity index (χ3v) is 3.55. The molecule has 2 aromatic heterocycles. The zero-order chi connectivity index (χ0) is 13.9. The first kappa shape index (κ1) is 12.7. The number of amides is 1. The minimum absolute atomic E-state index is 0.0533. The second kappa shape index (κ2) is 5.32. The van der Waals surface area contributed by atoms with Crippen LogP contribution in [-0.2, 0) is 7.05 Å².